The maximum Gasteiger partial charge on any atom is 0.140 e. The van der Waals surface area contributed by atoms with Gasteiger partial charge >= 0.3 is 0 Å². The summed E-state index contributed by atoms with van der Waals surface area (Å²) in [6.45, 7) is 4.43. The van der Waals surface area contributed by atoms with E-state index in [2.05, 4.69) is 38.0 Å². The molecule has 0 spiro atoms. The van der Waals surface area contributed by atoms with Gasteiger partial charge in [-0.15, -0.1) is 12.3 Å². The van der Waals surface area contributed by atoms with E-state index >= 15 is 0 Å². The molecule has 2 heteroatoms. The van der Waals surface area contributed by atoms with Crippen molar-refractivity contribution >= 4 is 0 Å². The van der Waals surface area contributed by atoms with Crippen LogP contribution in [0.4, 0.5) is 0 Å². The van der Waals surface area contributed by atoms with Crippen LogP contribution in [0, 0.1) is 46.8 Å². The minimum absolute atomic E-state index is 0.0909. The van der Waals surface area contributed by atoms with Crippen LogP contribution in [0.1, 0.15) is 46.0 Å². The summed E-state index contributed by atoms with van der Waals surface area (Å²) in [6, 6.07) is 0. The maximum atomic E-state index is 10.7. The highest BCUT2D eigenvalue weighted by Crippen LogP contribution is 2.64. The van der Waals surface area contributed by atoms with Crippen LogP contribution in [0.5, 0.6) is 0 Å². The lowest BCUT2D eigenvalue weighted by atomic mass is 9.50. The van der Waals surface area contributed by atoms with Crippen LogP contribution in [-0.4, -0.2) is 10.2 Å². The highest BCUT2D eigenvalue weighted by atomic mass is 16.3. The first-order chi connectivity index (χ1) is 10.9. The average molecular weight is 310 g/mol. The number of terminal acetylenes is 1. The monoisotopic (exact) mass is 310 g/mol. The second-order valence-corrected chi connectivity index (χ2v) is 8.28. The molecule has 23 heavy (non-hydrogen) atoms. The molecule has 4 aliphatic carbocycles. The number of hydrogen-bond donors (Lipinski definition) is 2. The third kappa shape index (κ3) is 1.71. The van der Waals surface area contributed by atoms with Crippen molar-refractivity contribution in [2.24, 2.45) is 34.5 Å². The van der Waals surface area contributed by atoms with E-state index in [4.69, 9.17) is 6.42 Å². The number of hydrogen-bond acceptors (Lipinski definition) is 2. The number of aliphatic hydroxyl groups is 2. The Morgan fingerprint density at radius 3 is 2.74 bits per heavy atom. The van der Waals surface area contributed by atoms with Crippen molar-refractivity contribution in [1.29, 1.82) is 0 Å². The van der Waals surface area contributed by atoms with Crippen LogP contribution in [0.3, 0.4) is 0 Å². The Kier molecular flexibility index (Phi) is 3.05. The molecule has 0 aromatic heterocycles. The number of fused-ring (bicyclic) bond motifs is 5. The summed E-state index contributed by atoms with van der Waals surface area (Å²) in [5, 5.41) is 20.8. The second-order valence-electron chi connectivity index (χ2n) is 8.28. The molecule has 0 amide bonds. The van der Waals surface area contributed by atoms with Gasteiger partial charge in [-0.2, -0.15) is 0 Å². The van der Waals surface area contributed by atoms with Gasteiger partial charge in [0.1, 0.15) is 11.5 Å². The first-order valence-corrected chi connectivity index (χ1v) is 8.89. The predicted molar refractivity (Wildman–Crippen MR) is 91.6 cm³/mol. The molecule has 0 unspecified atom stereocenters. The van der Waals surface area contributed by atoms with Crippen LogP contribution in [0.15, 0.2) is 35.3 Å². The summed E-state index contributed by atoms with van der Waals surface area (Å²) in [5.41, 5.74) is 0.958. The molecule has 4 rings (SSSR count). The molecule has 0 radical (unpaired) electrons. The number of aliphatic hydroxyl groups excluding tert-OH is 2. The Morgan fingerprint density at radius 1 is 1.22 bits per heavy atom. The van der Waals surface area contributed by atoms with E-state index in [1.807, 2.05) is 0 Å². The van der Waals surface area contributed by atoms with Crippen molar-refractivity contribution < 1.29 is 10.2 Å². The number of allylic oxidation sites excluding steroid dienone is 5. The van der Waals surface area contributed by atoms with E-state index < -0.39 is 5.41 Å². The fourth-order valence-electron chi connectivity index (χ4n) is 6.09. The van der Waals surface area contributed by atoms with Gasteiger partial charge in [0.15, 0.2) is 0 Å². The van der Waals surface area contributed by atoms with Gasteiger partial charge in [0.2, 0.25) is 0 Å². The third-order valence-corrected chi connectivity index (χ3v) is 7.52. The van der Waals surface area contributed by atoms with Gasteiger partial charge in [-0.05, 0) is 50.4 Å². The quantitative estimate of drug-likeness (QED) is 0.493. The van der Waals surface area contributed by atoms with E-state index in [0.717, 1.165) is 19.3 Å². The summed E-state index contributed by atoms with van der Waals surface area (Å²) >= 11 is 0. The molecule has 1 saturated carbocycles. The van der Waals surface area contributed by atoms with Crippen molar-refractivity contribution in [3.8, 4) is 12.3 Å². The Labute approximate surface area is 139 Å². The SMILES string of the molecule is C#C[C@H]1CC[C@H]2[C@@H]3CC=C4CCC(O)=C(O)[C@]4(C)[C@H]3C=C[C@]12C. The van der Waals surface area contributed by atoms with Gasteiger partial charge in [0.05, 0.1) is 5.41 Å². The molecule has 0 aromatic rings. The Bertz CT molecular complexity index is 676. The molecule has 0 aromatic carbocycles. The molecule has 0 heterocycles. The summed E-state index contributed by atoms with van der Waals surface area (Å²) in [4.78, 5) is 0. The molecule has 6 atom stereocenters. The van der Waals surface area contributed by atoms with Gasteiger partial charge in [0, 0.05) is 17.8 Å². The fraction of sp³-hybridized carbons (Fsp3) is 0.619. The smallest absolute Gasteiger partial charge is 0.140 e. The van der Waals surface area contributed by atoms with Gasteiger partial charge < -0.3 is 10.2 Å². The molecule has 2 nitrogen and oxygen atoms in total. The second kappa shape index (κ2) is 4.69. The fourth-order valence-corrected chi connectivity index (χ4v) is 6.09. The van der Waals surface area contributed by atoms with E-state index in [9.17, 15) is 10.2 Å². The molecule has 1 fully saturated rings. The van der Waals surface area contributed by atoms with E-state index in [1.165, 1.54) is 12.0 Å². The van der Waals surface area contributed by atoms with Crippen LogP contribution in [0.25, 0.3) is 0 Å². The van der Waals surface area contributed by atoms with Gasteiger partial charge in [0.25, 0.3) is 0 Å². The Balaban J connectivity index is 1.82. The van der Waals surface area contributed by atoms with Crippen LogP contribution in [0.2, 0.25) is 0 Å². The summed E-state index contributed by atoms with van der Waals surface area (Å²) in [5.74, 6) is 5.06. The standard InChI is InChI=1S/C21H26O2/c1-4-13-6-9-16-15-8-5-14-7-10-18(22)19(23)21(14,3)17(15)11-12-20(13,16)2/h1,5,11-13,15-17,22-23H,6-10H2,2-3H3/t13-,15-,16-,17-,20+,21-/m0/s1. The first kappa shape index (κ1) is 14.9. The molecular weight excluding hydrogens is 284 g/mol. The molecular formula is C21H26O2. The molecule has 0 aliphatic heterocycles. The van der Waals surface area contributed by atoms with Crippen molar-refractivity contribution in [2.45, 2.75) is 46.0 Å². The van der Waals surface area contributed by atoms with E-state index in [-0.39, 0.29) is 22.9 Å². The zero-order valence-corrected chi connectivity index (χ0v) is 14.0. The largest absolute Gasteiger partial charge is 0.509 e. The van der Waals surface area contributed by atoms with Crippen molar-refractivity contribution in [2.75, 3.05) is 0 Å². The van der Waals surface area contributed by atoms with Crippen LogP contribution < -0.4 is 0 Å². The van der Waals surface area contributed by atoms with Gasteiger partial charge in [-0.25, -0.2) is 0 Å². The molecule has 2 N–H and O–H groups in total. The highest BCUT2D eigenvalue weighted by molar-refractivity contribution is 5.38. The van der Waals surface area contributed by atoms with Gasteiger partial charge in [-0.1, -0.05) is 30.7 Å². The van der Waals surface area contributed by atoms with Crippen LogP contribution >= 0.6 is 0 Å². The van der Waals surface area contributed by atoms with Crippen LogP contribution in [-0.2, 0) is 0 Å². The zero-order valence-electron chi connectivity index (χ0n) is 14.0. The predicted octanol–water partition coefficient (Wildman–Crippen LogP) is 4.91. The number of rotatable bonds is 0. The van der Waals surface area contributed by atoms with E-state index in [0.29, 0.717) is 24.2 Å². The van der Waals surface area contributed by atoms with Crippen molar-refractivity contribution in [3.63, 3.8) is 0 Å². The molecule has 122 valence electrons. The lowest BCUT2D eigenvalue weighted by Gasteiger charge is -2.53. The summed E-state index contributed by atoms with van der Waals surface area (Å²) in [6.07, 6.45) is 17.5. The van der Waals surface area contributed by atoms with E-state index in [1.54, 1.807) is 0 Å². The summed E-state index contributed by atoms with van der Waals surface area (Å²) in [7, 11) is 0. The molecule has 0 saturated heterocycles. The molecule has 4 aliphatic rings. The minimum atomic E-state index is -0.433. The van der Waals surface area contributed by atoms with Crippen molar-refractivity contribution in [3.05, 3.63) is 35.3 Å². The average Bonchev–Trinajstić information content (AvgIpc) is 2.88. The first-order valence-electron chi connectivity index (χ1n) is 8.89. The Morgan fingerprint density at radius 2 is 2.00 bits per heavy atom. The lowest BCUT2D eigenvalue weighted by Crippen LogP contribution is -2.47. The highest BCUT2D eigenvalue weighted by Gasteiger charge is 2.57. The topological polar surface area (TPSA) is 40.5 Å². The van der Waals surface area contributed by atoms with Gasteiger partial charge in [-0.3, -0.25) is 0 Å². The Hall–Kier alpha value is -1.62. The third-order valence-electron chi connectivity index (χ3n) is 7.52. The normalized spacial score (nSPS) is 48.1. The molecule has 0 bridgehead atoms. The lowest BCUT2D eigenvalue weighted by molar-refractivity contribution is 0.0523. The maximum absolute atomic E-state index is 10.7. The minimum Gasteiger partial charge on any atom is -0.509 e. The summed E-state index contributed by atoms with van der Waals surface area (Å²) < 4.78 is 0. The van der Waals surface area contributed by atoms with Crippen molar-refractivity contribution in [1.82, 2.24) is 0 Å². The zero-order chi connectivity index (χ0) is 16.4.